The van der Waals surface area contributed by atoms with Crippen molar-refractivity contribution in [1.82, 2.24) is 0 Å². The Labute approximate surface area is 375 Å². The van der Waals surface area contributed by atoms with Gasteiger partial charge in [0.1, 0.15) is 0 Å². The molecule has 64 heavy (non-hydrogen) atoms. The molecule has 2 spiro atoms. The van der Waals surface area contributed by atoms with Gasteiger partial charge in [-0.3, -0.25) is 0 Å². The molecule has 0 amide bonds. The van der Waals surface area contributed by atoms with Crippen LogP contribution >= 0.6 is 0 Å². The normalized spacial score (nSPS) is 15.7. The van der Waals surface area contributed by atoms with Gasteiger partial charge in [0.2, 0.25) is 0 Å². The van der Waals surface area contributed by atoms with Crippen LogP contribution in [0, 0.1) is 0 Å². The first-order valence-electron chi connectivity index (χ1n) is 22.7. The summed E-state index contributed by atoms with van der Waals surface area (Å²) in [5, 5.41) is 8.50. The second kappa shape index (κ2) is 12.8. The van der Waals surface area contributed by atoms with Crippen LogP contribution in [0.1, 0.15) is 47.2 Å². The lowest BCUT2D eigenvalue weighted by molar-refractivity contribution is 0.556. The minimum Gasteiger partial charge on any atom is -0.309 e. The molecule has 0 aromatic heterocycles. The van der Waals surface area contributed by atoms with Gasteiger partial charge in [0.05, 0.1) is 22.5 Å². The fourth-order valence-electron chi connectivity index (χ4n) is 13.1. The molecule has 1 nitrogen and oxygen atoms in total. The Balaban J connectivity index is 0.997. The van der Waals surface area contributed by atoms with E-state index in [4.69, 9.17) is 0 Å². The Bertz CT molecular complexity index is 3470. The lowest BCUT2D eigenvalue weighted by Gasteiger charge is -2.52. The number of benzene rings is 10. The molecule has 0 saturated carbocycles. The van der Waals surface area contributed by atoms with E-state index in [2.05, 4.69) is 243 Å². The highest BCUT2D eigenvalue weighted by molar-refractivity contribution is 7.24. The zero-order valence-corrected chi connectivity index (χ0v) is 36.8. The zero-order chi connectivity index (χ0) is 42.4. The van der Waals surface area contributed by atoms with Crippen LogP contribution in [-0.4, -0.2) is 8.07 Å². The fourth-order valence-corrected chi connectivity index (χ4v) is 18.7. The molecule has 0 fully saturated rings. The number of nitrogens with zero attached hydrogens (tertiary/aromatic N) is 1. The van der Waals surface area contributed by atoms with Gasteiger partial charge in [-0.05, 0) is 111 Å². The average Bonchev–Trinajstić information content (AvgIpc) is 3.82. The van der Waals surface area contributed by atoms with Gasteiger partial charge in [0, 0.05) is 10.8 Å². The van der Waals surface area contributed by atoms with E-state index in [9.17, 15) is 0 Å². The summed E-state index contributed by atoms with van der Waals surface area (Å²) < 4.78 is 0. The minimum absolute atomic E-state index is 0.154. The summed E-state index contributed by atoms with van der Waals surface area (Å²) in [6, 6.07) is 85.8. The Morgan fingerprint density at radius 3 is 1.27 bits per heavy atom. The van der Waals surface area contributed by atoms with Crippen molar-refractivity contribution in [1.29, 1.82) is 0 Å². The highest BCUT2D eigenvalue weighted by Gasteiger charge is 2.55. The number of para-hydroxylation sites is 2. The Hall–Kier alpha value is -7.52. The van der Waals surface area contributed by atoms with E-state index in [1.54, 1.807) is 0 Å². The van der Waals surface area contributed by atoms with Gasteiger partial charge in [0.25, 0.3) is 0 Å². The van der Waals surface area contributed by atoms with E-state index in [-0.39, 0.29) is 5.41 Å². The van der Waals surface area contributed by atoms with Crippen molar-refractivity contribution in [2.75, 3.05) is 4.90 Å². The van der Waals surface area contributed by atoms with Crippen LogP contribution in [0.15, 0.2) is 224 Å². The molecular formula is C62H43NSi. The number of hydrogen-bond acceptors (Lipinski definition) is 1. The van der Waals surface area contributed by atoms with Gasteiger partial charge in [-0.1, -0.05) is 220 Å². The molecule has 1 aliphatic carbocycles. The Morgan fingerprint density at radius 1 is 0.312 bits per heavy atom. The lowest BCUT2D eigenvalue weighted by Crippen LogP contribution is -2.70. The third-order valence-electron chi connectivity index (χ3n) is 15.6. The topological polar surface area (TPSA) is 3.24 Å². The van der Waals surface area contributed by atoms with Crippen LogP contribution in [0.3, 0.4) is 0 Å². The number of rotatable bonds is 2. The first-order valence-corrected chi connectivity index (χ1v) is 24.7. The maximum Gasteiger partial charge on any atom is 0.182 e. The molecule has 0 atom stereocenters. The molecule has 0 saturated heterocycles. The standard InChI is InChI=1S/C62H43NSi/c1-61(2)48-24-8-10-26-50(48)62(51-27-11-9-25-49(51)61)52-28-12-14-30-55(52)63(56-31-15-13-29-53(56)62)54-38-37-41(42-19-3-4-20-43(42)54)40-35-36-47-46-23-7-18-34-59(46)64(60(47)39-40)57-32-16-5-21-44(57)45-22-6-17-33-58(45)64/h3-39H,1-2H3. The second-order valence-corrected chi connectivity index (χ2v) is 22.3. The molecule has 4 aliphatic rings. The summed E-state index contributed by atoms with van der Waals surface area (Å²) >= 11 is 0. The van der Waals surface area contributed by atoms with E-state index in [1.807, 2.05) is 0 Å². The number of fused-ring (bicyclic) bond motifs is 19. The first kappa shape index (κ1) is 36.0. The summed E-state index contributed by atoms with van der Waals surface area (Å²) in [7, 11) is -2.59. The van der Waals surface area contributed by atoms with Crippen molar-refractivity contribution in [3.8, 4) is 33.4 Å². The SMILES string of the molecule is CC1(C)c2ccccc2C2(c3ccccc3N(c3ccc(-c4ccc5c(c4)[Si]4(c6ccccc6-c6ccccc64)c4ccccc4-5)c4ccccc34)c3ccccc32)c2ccccc21. The van der Waals surface area contributed by atoms with Crippen molar-refractivity contribution in [3.05, 3.63) is 258 Å². The summed E-state index contributed by atoms with van der Waals surface area (Å²) in [4.78, 5) is 2.56. The summed E-state index contributed by atoms with van der Waals surface area (Å²) in [6.07, 6.45) is 0. The van der Waals surface area contributed by atoms with Gasteiger partial charge in [-0.15, -0.1) is 0 Å². The van der Waals surface area contributed by atoms with Gasteiger partial charge < -0.3 is 4.90 Å². The lowest BCUT2D eigenvalue weighted by atomic mass is 9.53. The molecular weight excluding hydrogens is 787 g/mol. The maximum atomic E-state index is 2.58. The Kier molecular flexibility index (Phi) is 7.19. The van der Waals surface area contributed by atoms with Crippen LogP contribution in [0.5, 0.6) is 0 Å². The van der Waals surface area contributed by atoms with E-state index in [0.29, 0.717) is 0 Å². The monoisotopic (exact) mass is 829 g/mol. The van der Waals surface area contributed by atoms with Crippen LogP contribution < -0.4 is 25.6 Å². The Morgan fingerprint density at radius 2 is 0.719 bits per heavy atom. The van der Waals surface area contributed by atoms with Crippen LogP contribution in [0.4, 0.5) is 17.1 Å². The van der Waals surface area contributed by atoms with Crippen molar-refractivity contribution in [2.45, 2.75) is 24.7 Å². The summed E-state index contributed by atoms with van der Waals surface area (Å²) in [5.41, 5.74) is 19.1. The van der Waals surface area contributed by atoms with Crippen molar-refractivity contribution in [2.24, 2.45) is 0 Å². The average molecular weight is 830 g/mol. The molecule has 0 unspecified atom stereocenters. The van der Waals surface area contributed by atoms with Crippen LogP contribution in [-0.2, 0) is 10.8 Å². The largest absolute Gasteiger partial charge is 0.309 e. The van der Waals surface area contributed by atoms with Gasteiger partial charge in [-0.25, -0.2) is 0 Å². The third-order valence-corrected chi connectivity index (χ3v) is 20.5. The highest BCUT2D eigenvalue weighted by atomic mass is 28.3. The van der Waals surface area contributed by atoms with Gasteiger partial charge in [0.15, 0.2) is 8.07 Å². The molecule has 0 radical (unpaired) electrons. The maximum absolute atomic E-state index is 2.59. The van der Waals surface area contributed by atoms with Gasteiger partial charge >= 0.3 is 0 Å². The molecule has 0 N–H and O–H groups in total. The predicted octanol–water partition coefficient (Wildman–Crippen LogP) is 12.7. The molecule has 14 rings (SSSR count). The van der Waals surface area contributed by atoms with E-state index >= 15 is 0 Å². The van der Waals surface area contributed by atoms with Crippen molar-refractivity contribution in [3.63, 3.8) is 0 Å². The molecule has 3 aliphatic heterocycles. The van der Waals surface area contributed by atoms with Crippen molar-refractivity contribution >= 4 is 56.7 Å². The number of anilines is 3. The van der Waals surface area contributed by atoms with Gasteiger partial charge in [-0.2, -0.15) is 0 Å². The zero-order valence-electron chi connectivity index (χ0n) is 35.8. The molecule has 10 aromatic carbocycles. The first-order chi connectivity index (χ1) is 31.5. The van der Waals surface area contributed by atoms with Crippen LogP contribution in [0.2, 0.25) is 0 Å². The van der Waals surface area contributed by atoms with E-state index in [1.165, 1.54) is 115 Å². The predicted molar refractivity (Wildman–Crippen MR) is 270 cm³/mol. The highest BCUT2D eigenvalue weighted by Crippen LogP contribution is 2.63. The number of hydrogen-bond donors (Lipinski definition) is 0. The van der Waals surface area contributed by atoms with Crippen LogP contribution in [0.25, 0.3) is 44.2 Å². The van der Waals surface area contributed by atoms with Crippen molar-refractivity contribution < 1.29 is 0 Å². The summed E-state index contributed by atoms with van der Waals surface area (Å²) in [6.45, 7) is 4.79. The summed E-state index contributed by atoms with van der Waals surface area (Å²) in [5.74, 6) is 0. The fraction of sp³-hybridized carbons (Fsp3) is 0.0645. The second-order valence-electron chi connectivity index (χ2n) is 18.7. The van der Waals surface area contributed by atoms with E-state index in [0.717, 1.165) is 0 Å². The molecule has 0 bridgehead atoms. The molecule has 10 aromatic rings. The molecule has 2 heteroatoms. The quantitative estimate of drug-likeness (QED) is 0.157. The van der Waals surface area contributed by atoms with E-state index < -0.39 is 13.5 Å². The molecule has 300 valence electrons. The minimum atomic E-state index is -2.59. The molecule has 3 heterocycles. The smallest absolute Gasteiger partial charge is 0.182 e. The third kappa shape index (κ3) is 4.29.